The summed E-state index contributed by atoms with van der Waals surface area (Å²) < 4.78 is 0. The second-order valence-corrected chi connectivity index (χ2v) is 0.250. The molecule has 0 aliphatic heterocycles. The minimum atomic E-state index is -2.33. The van der Waals surface area contributed by atoms with Crippen LogP contribution in [0.3, 0.4) is 0 Å². The molecule has 0 aromatic carbocycles. The molecule has 0 saturated carbocycles. The van der Waals surface area contributed by atoms with E-state index in [0.717, 1.165) is 0 Å². The van der Waals surface area contributed by atoms with Gasteiger partial charge in [0, 0.05) is 0 Å². The maximum Gasteiger partial charge on any atom is 1.00 e. The van der Waals surface area contributed by atoms with Gasteiger partial charge in [-0.3, -0.25) is 0 Å². The maximum absolute atomic E-state index is 8.33. The van der Waals surface area contributed by atoms with Crippen molar-refractivity contribution in [1.82, 2.24) is 12.3 Å². The molecule has 0 fully saturated rings. The van der Waals surface area contributed by atoms with Gasteiger partial charge in [-0.05, 0) is 6.16 Å². The fourth-order valence-corrected chi connectivity index (χ4v) is 0. The van der Waals surface area contributed by atoms with Crippen molar-refractivity contribution in [3.05, 3.63) is 0 Å². The zero-order chi connectivity index (χ0) is 3.58. The number of carbonyl (C=O) groups excluding carboxylic acids is 1. The summed E-state index contributed by atoms with van der Waals surface area (Å²) in [6.07, 6.45) is -2.33. The van der Waals surface area contributed by atoms with Crippen LogP contribution in [0.1, 0.15) is 0 Å². The Morgan fingerprint density at radius 1 is 1.00 bits per heavy atom. The molecule has 0 rings (SSSR count). The second-order valence-electron chi connectivity index (χ2n) is 0.250. The quantitative estimate of drug-likeness (QED) is 0.451. The zero-order valence-electron chi connectivity index (χ0n) is 3.74. The first-order valence-corrected chi connectivity index (χ1v) is 0.612. The zero-order valence-corrected chi connectivity index (χ0v) is 5.63. The van der Waals surface area contributed by atoms with Gasteiger partial charge in [0.2, 0.25) is 0 Å². The number of hydrogen-bond acceptors (Lipinski definition) is 5. The van der Waals surface area contributed by atoms with Gasteiger partial charge in [-0.15, -0.1) is 0 Å². The van der Waals surface area contributed by atoms with Crippen molar-refractivity contribution in [3.8, 4) is 0 Å². The maximum atomic E-state index is 8.33. The van der Waals surface area contributed by atoms with Crippen LogP contribution in [0.5, 0.6) is 0 Å². The van der Waals surface area contributed by atoms with Crippen LogP contribution in [-0.2, 0) is 34.1 Å². The predicted octanol–water partition coefficient (Wildman–Crippen LogP) is -2.13. The van der Waals surface area contributed by atoms with Gasteiger partial charge >= 0.3 is 34.1 Å². The van der Waals surface area contributed by atoms with Crippen LogP contribution in [0.15, 0.2) is 0 Å². The van der Waals surface area contributed by atoms with E-state index in [-0.39, 0.29) is 46.4 Å². The first-order chi connectivity index (χ1) is 1.73. The smallest absolute Gasteiger partial charge is 0.652 e. The van der Waals surface area contributed by atoms with E-state index in [1.807, 2.05) is 0 Å². The van der Waals surface area contributed by atoms with E-state index in [9.17, 15) is 0 Å². The molecule has 8 heavy (non-hydrogen) atoms. The van der Waals surface area contributed by atoms with E-state index in [1.54, 1.807) is 0 Å². The summed E-state index contributed by atoms with van der Waals surface area (Å²) in [5, 5.41) is 16.7. The monoisotopic (exact) mass is 220 g/mol. The molecule has 0 saturated heterocycles. The third-order valence-electron chi connectivity index (χ3n) is 0. The first kappa shape index (κ1) is 41.2. The molecule has 0 aliphatic carbocycles. The Morgan fingerprint density at radius 3 is 1.00 bits per heavy atom. The summed E-state index contributed by atoms with van der Waals surface area (Å²) in [5.74, 6) is 0. The molecule has 0 unspecified atom stereocenters. The standard InChI is InChI=1S/CH2O3.2Cu.2H3N/c2-1(3)4;;;;/h(H2,2,3,4);;;2*1H3/q;2*+1;;/p-2. The number of hydrogen-bond donors (Lipinski definition) is 2. The van der Waals surface area contributed by atoms with Gasteiger partial charge in [-0.25, -0.2) is 0 Å². The molecule has 7 heteroatoms. The van der Waals surface area contributed by atoms with Gasteiger partial charge in [-0.1, -0.05) is 0 Å². The van der Waals surface area contributed by atoms with Crippen molar-refractivity contribution in [2.45, 2.75) is 0 Å². The van der Waals surface area contributed by atoms with Gasteiger partial charge < -0.3 is 27.3 Å². The van der Waals surface area contributed by atoms with Crippen molar-refractivity contribution in [1.29, 1.82) is 0 Å². The van der Waals surface area contributed by atoms with Crippen LogP contribution in [0.2, 0.25) is 0 Å². The van der Waals surface area contributed by atoms with Crippen LogP contribution in [0.25, 0.3) is 0 Å². The Bertz CT molecular complexity index is 38.3. The summed E-state index contributed by atoms with van der Waals surface area (Å²) >= 11 is 0. The minimum absolute atomic E-state index is 0. The molecule has 0 spiro atoms. The third kappa shape index (κ3) is 3250. The van der Waals surface area contributed by atoms with Gasteiger partial charge in [0.25, 0.3) is 0 Å². The molecule has 0 aliphatic rings. The Balaban J connectivity index is -0.00000000750. The molecule has 0 bridgehead atoms. The van der Waals surface area contributed by atoms with E-state index in [4.69, 9.17) is 15.0 Å². The Hall–Kier alpha value is 0.229. The SMILES string of the molecule is N.N.O=C([O-])[O-].[Cu+].[Cu+]. The second kappa shape index (κ2) is 26.9. The van der Waals surface area contributed by atoms with E-state index < -0.39 is 6.16 Å². The van der Waals surface area contributed by atoms with Crippen molar-refractivity contribution in [2.24, 2.45) is 0 Å². The summed E-state index contributed by atoms with van der Waals surface area (Å²) in [7, 11) is 0. The predicted molar refractivity (Wildman–Crippen MR) is 15.4 cm³/mol. The topological polar surface area (TPSA) is 133 Å². The van der Waals surface area contributed by atoms with Crippen LogP contribution >= 0.6 is 0 Å². The van der Waals surface area contributed by atoms with E-state index in [2.05, 4.69) is 0 Å². The summed E-state index contributed by atoms with van der Waals surface area (Å²) in [6.45, 7) is 0. The minimum Gasteiger partial charge on any atom is -0.652 e. The van der Waals surface area contributed by atoms with Crippen LogP contribution in [-0.4, -0.2) is 6.16 Å². The van der Waals surface area contributed by atoms with E-state index in [0.29, 0.717) is 0 Å². The molecular weight excluding hydrogens is 215 g/mol. The van der Waals surface area contributed by atoms with E-state index in [1.165, 1.54) is 0 Å². The molecule has 0 aromatic rings. The van der Waals surface area contributed by atoms with E-state index >= 15 is 0 Å². The fraction of sp³-hybridized carbons (Fsp3) is 0. The average molecular weight is 221 g/mol. The summed E-state index contributed by atoms with van der Waals surface area (Å²) in [5.41, 5.74) is 0. The van der Waals surface area contributed by atoms with Crippen molar-refractivity contribution < 1.29 is 49.1 Å². The Morgan fingerprint density at radius 2 is 1.00 bits per heavy atom. The molecule has 6 N–H and O–H groups in total. The fourth-order valence-electron chi connectivity index (χ4n) is 0. The molecule has 5 nitrogen and oxygen atoms in total. The van der Waals surface area contributed by atoms with Crippen LogP contribution in [0.4, 0.5) is 4.79 Å². The van der Waals surface area contributed by atoms with Gasteiger partial charge in [-0.2, -0.15) is 0 Å². The number of carbonyl (C=O) groups is 1. The third-order valence-corrected chi connectivity index (χ3v) is 0. The van der Waals surface area contributed by atoms with Gasteiger partial charge in [0.05, 0.1) is 0 Å². The van der Waals surface area contributed by atoms with Crippen molar-refractivity contribution in [3.63, 3.8) is 0 Å². The largest absolute Gasteiger partial charge is 1.00 e. The van der Waals surface area contributed by atoms with Gasteiger partial charge in [0.15, 0.2) is 0 Å². The van der Waals surface area contributed by atoms with Crippen molar-refractivity contribution >= 4 is 6.16 Å². The van der Waals surface area contributed by atoms with Crippen LogP contribution < -0.4 is 22.5 Å². The molecule has 0 heterocycles. The molecule has 0 radical (unpaired) electrons. The average Bonchev–Trinajstić information content (AvgIpc) is 0.811. The molecular formula is CH6Cu2N2O3. The molecule has 0 amide bonds. The van der Waals surface area contributed by atoms with Gasteiger partial charge in [0.1, 0.15) is 0 Å². The molecule has 60 valence electrons. The first-order valence-electron chi connectivity index (χ1n) is 0.612. The molecule has 0 atom stereocenters. The summed E-state index contributed by atoms with van der Waals surface area (Å²) in [4.78, 5) is 8.33. The Labute approximate surface area is 68.0 Å². The molecule has 0 aromatic heterocycles. The number of carboxylic acid groups (broad SMARTS) is 2. The number of rotatable bonds is 0. The van der Waals surface area contributed by atoms with Crippen LogP contribution in [0, 0.1) is 0 Å². The normalized spacial score (nSPS) is 3.00. The summed E-state index contributed by atoms with van der Waals surface area (Å²) in [6, 6.07) is 0. The van der Waals surface area contributed by atoms with Crippen molar-refractivity contribution in [2.75, 3.05) is 0 Å². The Kier molecular flexibility index (Phi) is 139.